The van der Waals surface area contributed by atoms with E-state index in [0.717, 1.165) is 34.5 Å². The van der Waals surface area contributed by atoms with Gasteiger partial charge in [-0.05, 0) is 31.4 Å². The van der Waals surface area contributed by atoms with Crippen LogP contribution in [0.15, 0.2) is 24.3 Å². The summed E-state index contributed by atoms with van der Waals surface area (Å²) < 4.78 is 6.01. The number of aromatic nitrogens is 2. The minimum Gasteiger partial charge on any atom is -0.481 e. The number of nitrogens with zero attached hydrogens (tertiary/aromatic N) is 4. The monoisotopic (exact) mass is 374 g/mol. The molecule has 0 spiro atoms. The van der Waals surface area contributed by atoms with Crippen LogP contribution in [0.4, 0.5) is 5.13 Å². The van der Waals surface area contributed by atoms with Crippen LogP contribution in [0, 0.1) is 6.92 Å². The van der Waals surface area contributed by atoms with Crippen LogP contribution >= 0.6 is 11.3 Å². The molecule has 0 saturated carbocycles. The number of hydrogen-bond acceptors (Lipinski definition) is 6. The lowest BCUT2D eigenvalue weighted by atomic mass is 10.0. The Balaban J connectivity index is 1.58. The number of benzene rings is 1. The Morgan fingerprint density at radius 2 is 1.81 bits per heavy atom. The maximum atomic E-state index is 12.8. The highest BCUT2D eigenvalue weighted by Gasteiger charge is 2.27. The molecule has 0 radical (unpaired) electrons. The molecule has 0 N–H and O–H groups in total. The normalized spacial score (nSPS) is 16.0. The van der Waals surface area contributed by atoms with Crippen molar-refractivity contribution in [1.29, 1.82) is 0 Å². The van der Waals surface area contributed by atoms with Crippen molar-refractivity contribution in [2.75, 3.05) is 31.1 Å². The molecule has 1 fully saturated rings. The van der Waals surface area contributed by atoms with E-state index < -0.39 is 6.10 Å². The van der Waals surface area contributed by atoms with Crippen LogP contribution in [0.25, 0.3) is 0 Å². The maximum Gasteiger partial charge on any atom is 0.263 e. The summed E-state index contributed by atoms with van der Waals surface area (Å²) in [7, 11) is 0. The molecule has 1 amide bonds. The van der Waals surface area contributed by atoms with Crippen molar-refractivity contribution in [2.45, 2.75) is 39.7 Å². The topological polar surface area (TPSA) is 58.6 Å². The first-order valence-corrected chi connectivity index (χ1v) is 9.86. The van der Waals surface area contributed by atoms with Crippen molar-refractivity contribution >= 4 is 22.4 Å². The van der Waals surface area contributed by atoms with E-state index >= 15 is 0 Å². The Labute approximate surface area is 158 Å². The van der Waals surface area contributed by atoms with Gasteiger partial charge in [0.15, 0.2) is 6.10 Å². The van der Waals surface area contributed by atoms with Gasteiger partial charge in [0.05, 0.1) is 0 Å². The molecule has 2 heterocycles. The van der Waals surface area contributed by atoms with Crippen molar-refractivity contribution in [3.63, 3.8) is 0 Å². The summed E-state index contributed by atoms with van der Waals surface area (Å²) in [5, 5.41) is 10.2. The van der Waals surface area contributed by atoms with E-state index in [0.29, 0.717) is 19.0 Å². The van der Waals surface area contributed by atoms with E-state index in [-0.39, 0.29) is 5.91 Å². The lowest BCUT2D eigenvalue weighted by Gasteiger charge is -2.35. The smallest absolute Gasteiger partial charge is 0.263 e. The molecule has 6 nitrogen and oxygen atoms in total. The molecule has 2 aromatic rings. The molecule has 1 aromatic heterocycles. The Morgan fingerprint density at radius 3 is 2.42 bits per heavy atom. The number of amides is 1. The standard InChI is InChI=1S/C19H26N4O2S/c1-13(2)16-7-5-6-8-17(16)25-14(3)18(24)22-9-11-23(12-10-22)19-21-20-15(4)26-19/h5-8,13-14H,9-12H2,1-4H3. The van der Waals surface area contributed by atoms with E-state index in [1.165, 1.54) is 0 Å². The third-order valence-electron chi connectivity index (χ3n) is 4.57. The lowest BCUT2D eigenvalue weighted by molar-refractivity contribution is -0.138. The summed E-state index contributed by atoms with van der Waals surface area (Å²) in [6.45, 7) is 10.9. The predicted octanol–water partition coefficient (Wildman–Crippen LogP) is 3.09. The van der Waals surface area contributed by atoms with E-state index in [1.54, 1.807) is 11.3 Å². The van der Waals surface area contributed by atoms with Crippen molar-refractivity contribution in [3.05, 3.63) is 34.8 Å². The Hall–Kier alpha value is -2.15. The molecule has 1 unspecified atom stereocenters. The van der Waals surface area contributed by atoms with Gasteiger partial charge in [-0.3, -0.25) is 4.79 Å². The van der Waals surface area contributed by atoms with Crippen molar-refractivity contribution in [3.8, 4) is 5.75 Å². The second kappa shape index (κ2) is 8.03. The van der Waals surface area contributed by atoms with Gasteiger partial charge in [-0.25, -0.2) is 0 Å². The Morgan fingerprint density at radius 1 is 1.12 bits per heavy atom. The fourth-order valence-electron chi connectivity index (χ4n) is 3.09. The van der Waals surface area contributed by atoms with Gasteiger partial charge in [-0.15, -0.1) is 10.2 Å². The maximum absolute atomic E-state index is 12.8. The molecule has 26 heavy (non-hydrogen) atoms. The fourth-order valence-corrected chi connectivity index (χ4v) is 3.83. The summed E-state index contributed by atoms with van der Waals surface area (Å²) in [6, 6.07) is 7.94. The fraction of sp³-hybridized carbons (Fsp3) is 0.526. The number of piperazine rings is 1. The third-order valence-corrected chi connectivity index (χ3v) is 5.47. The van der Waals surface area contributed by atoms with E-state index in [4.69, 9.17) is 4.74 Å². The first kappa shape index (κ1) is 18.6. The molecule has 1 saturated heterocycles. The van der Waals surface area contributed by atoms with Gasteiger partial charge in [0.25, 0.3) is 5.91 Å². The zero-order chi connectivity index (χ0) is 18.7. The molecule has 3 rings (SSSR count). The molecule has 1 aliphatic heterocycles. The number of anilines is 1. The van der Waals surface area contributed by atoms with Gasteiger partial charge in [0.2, 0.25) is 5.13 Å². The SMILES string of the molecule is Cc1nnc(N2CCN(C(=O)C(C)Oc3ccccc3C(C)C)CC2)s1. The summed E-state index contributed by atoms with van der Waals surface area (Å²) in [4.78, 5) is 16.9. The first-order valence-electron chi connectivity index (χ1n) is 9.05. The molecule has 0 aliphatic carbocycles. The van der Waals surface area contributed by atoms with Crippen LogP contribution in [0.1, 0.15) is 37.3 Å². The zero-order valence-electron chi connectivity index (χ0n) is 15.8. The van der Waals surface area contributed by atoms with Crippen LogP contribution in [-0.4, -0.2) is 53.3 Å². The summed E-state index contributed by atoms with van der Waals surface area (Å²) in [5.41, 5.74) is 1.13. The van der Waals surface area contributed by atoms with Crippen LogP contribution in [0.2, 0.25) is 0 Å². The van der Waals surface area contributed by atoms with Gasteiger partial charge < -0.3 is 14.5 Å². The second-order valence-corrected chi connectivity index (χ2v) is 8.03. The summed E-state index contributed by atoms with van der Waals surface area (Å²) in [5.74, 6) is 1.19. The molecular weight excluding hydrogens is 348 g/mol. The molecule has 1 atom stereocenters. The van der Waals surface area contributed by atoms with Crippen molar-refractivity contribution < 1.29 is 9.53 Å². The summed E-state index contributed by atoms with van der Waals surface area (Å²) in [6.07, 6.45) is -0.495. The number of aryl methyl sites for hydroxylation is 1. The second-order valence-electron chi connectivity index (χ2n) is 6.87. The molecular formula is C19H26N4O2S. The van der Waals surface area contributed by atoms with E-state index in [9.17, 15) is 4.79 Å². The zero-order valence-corrected chi connectivity index (χ0v) is 16.6. The highest BCUT2D eigenvalue weighted by Crippen LogP contribution is 2.27. The van der Waals surface area contributed by atoms with E-state index in [2.05, 4.69) is 35.0 Å². The number of ether oxygens (including phenoxy) is 1. The minimum absolute atomic E-state index is 0.0386. The average molecular weight is 375 g/mol. The predicted molar refractivity (Wildman–Crippen MR) is 104 cm³/mol. The van der Waals surface area contributed by atoms with Gasteiger partial charge >= 0.3 is 0 Å². The number of carbonyl (C=O) groups is 1. The lowest BCUT2D eigenvalue weighted by Crippen LogP contribution is -2.52. The number of para-hydroxylation sites is 1. The summed E-state index contributed by atoms with van der Waals surface area (Å²) >= 11 is 1.59. The molecule has 1 aromatic carbocycles. The van der Waals surface area contributed by atoms with Crippen LogP contribution in [0.3, 0.4) is 0 Å². The first-order chi connectivity index (χ1) is 12.5. The Bertz CT molecular complexity index is 754. The number of hydrogen-bond donors (Lipinski definition) is 0. The minimum atomic E-state index is -0.495. The van der Waals surface area contributed by atoms with Gasteiger partial charge in [-0.1, -0.05) is 43.4 Å². The van der Waals surface area contributed by atoms with Crippen LogP contribution in [0.5, 0.6) is 5.75 Å². The van der Waals surface area contributed by atoms with E-state index in [1.807, 2.05) is 36.9 Å². The highest BCUT2D eigenvalue weighted by atomic mass is 32.1. The number of carbonyl (C=O) groups excluding carboxylic acids is 1. The quantitative estimate of drug-likeness (QED) is 0.805. The highest BCUT2D eigenvalue weighted by molar-refractivity contribution is 7.15. The van der Waals surface area contributed by atoms with Gasteiger partial charge in [0.1, 0.15) is 10.8 Å². The van der Waals surface area contributed by atoms with Crippen molar-refractivity contribution in [1.82, 2.24) is 15.1 Å². The van der Waals surface area contributed by atoms with Gasteiger partial charge in [-0.2, -0.15) is 0 Å². The average Bonchev–Trinajstić information content (AvgIpc) is 3.08. The Kier molecular flexibility index (Phi) is 5.76. The van der Waals surface area contributed by atoms with Crippen LogP contribution < -0.4 is 9.64 Å². The largest absolute Gasteiger partial charge is 0.481 e. The molecule has 1 aliphatic rings. The van der Waals surface area contributed by atoms with Crippen LogP contribution in [-0.2, 0) is 4.79 Å². The van der Waals surface area contributed by atoms with Gasteiger partial charge in [0, 0.05) is 26.2 Å². The third kappa shape index (κ3) is 4.15. The van der Waals surface area contributed by atoms with Crippen molar-refractivity contribution in [2.24, 2.45) is 0 Å². The number of rotatable bonds is 5. The molecule has 7 heteroatoms. The molecule has 0 bridgehead atoms. The molecule has 140 valence electrons.